The van der Waals surface area contributed by atoms with Gasteiger partial charge < -0.3 is 5.32 Å². The van der Waals surface area contributed by atoms with Gasteiger partial charge in [0.05, 0.1) is 5.92 Å². The Morgan fingerprint density at radius 3 is 2.47 bits per heavy atom. The Labute approximate surface area is 87.3 Å². The molecule has 0 radical (unpaired) electrons. The number of hydrogen-bond acceptors (Lipinski definition) is 1. The molecule has 0 aliphatic carbocycles. The molecule has 0 spiro atoms. The number of halogens is 3. The van der Waals surface area contributed by atoms with Crippen LogP contribution in [0.3, 0.4) is 0 Å². The zero-order chi connectivity index (χ0) is 11.5. The van der Waals surface area contributed by atoms with Gasteiger partial charge in [-0.15, -0.1) is 0 Å². The molecule has 4 heteroatoms. The minimum Gasteiger partial charge on any atom is -0.319 e. The molecule has 0 aromatic heterocycles. The van der Waals surface area contributed by atoms with Crippen LogP contribution in [0.15, 0.2) is 24.3 Å². The molecule has 0 saturated heterocycles. The fraction of sp³-hybridized carbons (Fsp3) is 0.455. The maximum atomic E-state index is 12.7. The van der Waals surface area contributed by atoms with Crippen LogP contribution in [0.5, 0.6) is 0 Å². The lowest BCUT2D eigenvalue weighted by atomic mass is 9.97. The molecule has 0 heterocycles. The molecule has 1 unspecified atom stereocenters. The Morgan fingerprint density at radius 1 is 1.33 bits per heavy atom. The van der Waals surface area contributed by atoms with E-state index in [1.165, 1.54) is 13.1 Å². The van der Waals surface area contributed by atoms with E-state index in [0.29, 0.717) is 5.56 Å². The lowest BCUT2D eigenvalue weighted by Gasteiger charge is -2.20. The van der Waals surface area contributed by atoms with Gasteiger partial charge in [0.15, 0.2) is 0 Å². The van der Waals surface area contributed by atoms with Crippen molar-refractivity contribution in [3.63, 3.8) is 0 Å². The Bertz CT molecular complexity index is 320. The predicted molar refractivity (Wildman–Crippen MR) is 53.9 cm³/mol. The fourth-order valence-electron chi connectivity index (χ4n) is 1.51. The summed E-state index contributed by atoms with van der Waals surface area (Å²) in [5.74, 6) is -1.43. The summed E-state index contributed by atoms with van der Waals surface area (Å²) in [6.07, 6.45) is -4.20. The highest BCUT2D eigenvalue weighted by Gasteiger charge is 2.39. The third kappa shape index (κ3) is 3.23. The summed E-state index contributed by atoms with van der Waals surface area (Å²) in [6, 6.07) is 6.54. The number of likely N-dealkylation sites (N-methyl/N-ethyl adjacent to an activating group) is 1. The smallest absolute Gasteiger partial charge is 0.319 e. The SMILES string of the molecule is CNCC(c1cccc(C)c1)C(F)(F)F. The van der Waals surface area contributed by atoms with Crippen LogP contribution in [0.25, 0.3) is 0 Å². The summed E-state index contributed by atoms with van der Waals surface area (Å²) in [6.45, 7) is 1.70. The molecule has 0 fully saturated rings. The third-order valence-electron chi connectivity index (χ3n) is 2.25. The fourth-order valence-corrected chi connectivity index (χ4v) is 1.51. The van der Waals surface area contributed by atoms with E-state index < -0.39 is 12.1 Å². The predicted octanol–water partition coefficient (Wildman–Crippen LogP) is 2.86. The monoisotopic (exact) mass is 217 g/mol. The topological polar surface area (TPSA) is 12.0 Å². The first-order chi connectivity index (χ1) is 6.95. The lowest BCUT2D eigenvalue weighted by Crippen LogP contribution is -2.29. The molecule has 1 N–H and O–H groups in total. The normalized spacial score (nSPS) is 13.9. The minimum absolute atomic E-state index is 0.0903. The van der Waals surface area contributed by atoms with Crippen LogP contribution in [0.1, 0.15) is 17.0 Å². The quantitative estimate of drug-likeness (QED) is 0.820. The van der Waals surface area contributed by atoms with Gasteiger partial charge in [-0.2, -0.15) is 13.2 Å². The highest BCUT2D eigenvalue weighted by atomic mass is 19.4. The van der Waals surface area contributed by atoms with Crippen LogP contribution in [-0.2, 0) is 0 Å². The Morgan fingerprint density at radius 2 is 2.00 bits per heavy atom. The standard InChI is InChI=1S/C11H14F3N/c1-8-4-3-5-9(6-8)10(7-15-2)11(12,13)14/h3-6,10,15H,7H2,1-2H3. The third-order valence-corrected chi connectivity index (χ3v) is 2.25. The van der Waals surface area contributed by atoms with Gasteiger partial charge >= 0.3 is 6.18 Å². The molecule has 0 aliphatic rings. The number of rotatable bonds is 3. The molecule has 1 nitrogen and oxygen atoms in total. The number of alkyl halides is 3. The van der Waals surface area contributed by atoms with Crippen molar-refractivity contribution in [2.45, 2.75) is 19.0 Å². The van der Waals surface area contributed by atoms with Gasteiger partial charge in [0, 0.05) is 6.54 Å². The van der Waals surface area contributed by atoms with E-state index in [9.17, 15) is 13.2 Å². The molecule has 1 atom stereocenters. The van der Waals surface area contributed by atoms with Crippen molar-refractivity contribution in [2.75, 3.05) is 13.6 Å². The number of benzene rings is 1. The Kier molecular flexibility index (Phi) is 3.74. The van der Waals surface area contributed by atoms with Crippen molar-refractivity contribution in [3.05, 3.63) is 35.4 Å². The molecule has 0 saturated carbocycles. The van der Waals surface area contributed by atoms with E-state index in [1.807, 2.05) is 0 Å². The molecule has 0 amide bonds. The van der Waals surface area contributed by atoms with Gasteiger partial charge in [0.1, 0.15) is 0 Å². The first-order valence-electron chi connectivity index (χ1n) is 4.73. The van der Waals surface area contributed by atoms with Crippen LogP contribution in [-0.4, -0.2) is 19.8 Å². The number of nitrogens with one attached hydrogen (secondary N) is 1. The van der Waals surface area contributed by atoms with E-state index in [1.54, 1.807) is 25.1 Å². The van der Waals surface area contributed by atoms with Gasteiger partial charge in [-0.1, -0.05) is 29.8 Å². The maximum Gasteiger partial charge on any atom is 0.396 e. The first-order valence-corrected chi connectivity index (χ1v) is 4.73. The van der Waals surface area contributed by atoms with Gasteiger partial charge in [-0.05, 0) is 19.5 Å². The second-order valence-electron chi connectivity index (χ2n) is 3.57. The zero-order valence-electron chi connectivity index (χ0n) is 8.73. The molecule has 1 aromatic rings. The molecular weight excluding hydrogens is 203 g/mol. The average molecular weight is 217 g/mol. The number of aryl methyl sites for hydroxylation is 1. The molecule has 1 rings (SSSR count). The summed E-state index contributed by atoms with van der Waals surface area (Å²) in [5, 5.41) is 2.57. The van der Waals surface area contributed by atoms with Crippen molar-refractivity contribution in [1.82, 2.24) is 5.32 Å². The van der Waals surface area contributed by atoms with Crippen LogP contribution in [0.2, 0.25) is 0 Å². The summed E-state index contributed by atoms with van der Waals surface area (Å²) in [7, 11) is 1.52. The summed E-state index contributed by atoms with van der Waals surface area (Å²) in [5.41, 5.74) is 1.16. The Balaban J connectivity index is 2.99. The van der Waals surface area contributed by atoms with Crippen molar-refractivity contribution >= 4 is 0 Å². The molecule has 1 aromatic carbocycles. The van der Waals surface area contributed by atoms with Crippen LogP contribution < -0.4 is 5.32 Å². The van der Waals surface area contributed by atoms with Crippen LogP contribution in [0, 0.1) is 6.92 Å². The summed E-state index contributed by atoms with van der Waals surface area (Å²) in [4.78, 5) is 0. The van der Waals surface area contributed by atoms with E-state index in [0.717, 1.165) is 5.56 Å². The van der Waals surface area contributed by atoms with Gasteiger partial charge in [0.2, 0.25) is 0 Å². The molecule has 0 bridgehead atoms. The van der Waals surface area contributed by atoms with E-state index in [-0.39, 0.29) is 6.54 Å². The maximum absolute atomic E-state index is 12.7. The van der Waals surface area contributed by atoms with Crippen molar-refractivity contribution in [3.8, 4) is 0 Å². The van der Waals surface area contributed by atoms with Crippen molar-refractivity contribution in [2.24, 2.45) is 0 Å². The molecule has 0 aliphatic heterocycles. The summed E-state index contributed by atoms with van der Waals surface area (Å²) < 4.78 is 38.1. The van der Waals surface area contributed by atoms with Crippen molar-refractivity contribution in [1.29, 1.82) is 0 Å². The molecular formula is C11H14F3N. The summed E-state index contributed by atoms with van der Waals surface area (Å²) >= 11 is 0. The van der Waals surface area contributed by atoms with E-state index in [4.69, 9.17) is 0 Å². The second-order valence-corrected chi connectivity index (χ2v) is 3.57. The van der Waals surface area contributed by atoms with E-state index >= 15 is 0 Å². The molecule has 84 valence electrons. The molecule has 15 heavy (non-hydrogen) atoms. The van der Waals surface area contributed by atoms with Gasteiger partial charge in [-0.3, -0.25) is 0 Å². The lowest BCUT2D eigenvalue weighted by molar-refractivity contribution is -0.149. The number of hydrogen-bond donors (Lipinski definition) is 1. The first kappa shape index (κ1) is 12.0. The minimum atomic E-state index is -4.20. The largest absolute Gasteiger partial charge is 0.396 e. The average Bonchev–Trinajstić information content (AvgIpc) is 2.12. The van der Waals surface area contributed by atoms with Gasteiger partial charge in [-0.25, -0.2) is 0 Å². The highest BCUT2D eigenvalue weighted by molar-refractivity contribution is 5.26. The Hall–Kier alpha value is -1.03. The van der Waals surface area contributed by atoms with E-state index in [2.05, 4.69) is 5.32 Å². The van der Waals surface area contributed by atoms with Gasteiger partial charge in [0.25, 0.3) is 0 Å². The van der Waals surface area contributed by atoms with Crippen molar-refractivity contribution < 1.29 is 13.2 Å². The zero-order valence-corrected chi connectivity index (χ0v) is 8.73. The highest BCUT2D eigenvalue weighted by Crippen LogP contribution is 2.34. The van der Waals surface area contributed by atoms with Crippen LogP contribution >= 0.6 is 0 Å². The van der Waals surface area contributed by atoms with Crippen LogP contribution in [0.4, 0.5) is 13.2 Å². The second kappa shape index (κ2) is 4.66.